The molecule has 6 heteroatoms. The predicted molar refractivity (Wildman–Crippen MR) is 48.1 cm³/mol. The van der Waals surface area contributed by atoms with Crippen molar-refractivity contribution in [2.24, 2.45) is 0 Å². The number of aromatic amines is 1. The first-order valence-corrected chi connectivity index (χ1v) is 4.27. The molecule has 0 aliphatic heterocycles. The molecule has 1 rings (SSSR count). The number of aromatic nitrogens is 1. The van der Waals surface area contributed by atoms with Crippen molar-refractivity contribution in [3.63, 3.8) is 0 Å². The van der Waals surface area contributed by atoms with Crippen LogP contribution in [0, 0.1) is 0 Å². The van der Waals surface area contributed by atoms with Gasteiger partial charge in [-0.15, -0.1) is 11.6 Å². The van der Waals surface area contributed by atoms with Crippen molar-refractivity contribution in [2.45, 2.75) is 12.3 Å². The molecule has 3 nitrogen and oxygen atoms in total. The Balaban J connectivity index is 3.32. The van der Waals surface area contributed by atoms with Crippen molar-refractivity contribution in [3.05, 3.63) is 27.7 Å². The smallest absolute Gasteiger partial charge is 0.290 e. The molecule has 1 N–H and O–H groups in total. The number of halogens is 3. The Morgan fingerprint density at radius 3 is 2.71 bits per heavy atom. The van der Waals surface area contributed by atoms with Gasteiger partial charge in [0.1, 0.15) is 0 Å². The van der Waals surface area contributed by atoms with E-state index in [-0.39, 0.29) is 22.9 Å². The highest BCUT2D eigenvalue weighted by atomic mass is 35.5. The Morgan fingerprint density at radius 2 is 2.29 bits per heavy atom. The molecule has 0 aromatic carbocycles. The Kier molecular flexibility index (Phi) is 3.46. The van der Waals surface area contributed by atoms with Gasteiger partial charge in [-0.3, -0.25) is 4.79 Å². The molecule has 0 atom stereocenters. The summed E-state index contributed by atoms with van der Waals surface area (Å²) in [7, 11) is 1.24. The largest absolute Gasteiger partial charge is 0.491 e. The van der Waals surface area contributed by atoms with Crippen LogP contribution in [0.5, 0.6) is 5.75 Å². The molecule has 0 spiro atoms. The van der Waals surface area contributed by atoms with Crippen molar-refractivity contribution in [2.75, 3.05) is 7.11 Å². The zero-order chi connectivity index (χ0) is 10.7. The molecule has 0 bridgehead atoms. The van der Waals surface area contributed by atoms with Gasteiger partial charge in [-0.2, -0.15) is 0 Å². The summed E-state index contributed by atoms with van der Waals surface area (Å²) < 4.78 is 29.5. The van der Waals surface area contributed by atoms with E-state index < -0.39 is 12.0 Å². The van der Waals surface area contributed by atoms with Gasteiger partial charge in [-0.1, -0.05) is 0 Å². The van der Waals surface area contributed by atoms with Gasteiger partial charge in [-0.05, 0) is 6.07 Å². The van der Waals surface area contributed by atoms with Crippen LogP contribution in [-0.2, 0) is 5.88 Å². The van der Waals surface area contributed by atoms with Crippen LogP contribution in [-0.4, -0.2) is 12.1 Å². The number of pyridine rings is 1. The Morgan fingerprint density at radius 1 is 1.64 bits per heavy atom. The van der Waals surface area contributed by atoms with E-state index in [0.29, 0.717) is 0 Å². The number of methoxy groups -OCH3 is 1. The van der Waals surface area contributed by atoms with Gasteiger partial charge >= 0.3 is 0 Å². The van der Waals surface area contributed by atoms with E-state index in [0.717, 1.165) is 6.07 Å². The lowest BCUT2D eigenvalue weighted by molar-refractivity contribution is 0.149. The number of nitrogens with one attached hydrogen (secondary N) is 1. The molecule has 0 radical (unpaired) electrons. The Labute approximate surface area is 83.7 Å². The summed E-state index contributed by atoms with van der Waals surface area (Å²) in [5, 5.41) is 0. The van der Waals surface area contributed by atoms with Crippen LogP contribution in [0.1, 0.15) is 17.7 Å². The van der Waals surface area contributed by atoms with Crippen molar-refractivity contribution in [1.82, 2.24) is 4.98 Å². The molecule has 1 aromatic heterocycles. The first kappa shape index (κ1) is 11.0. The Hall–Kier alpha value is -1.10. The fraction of sp³-hybridized carbons (Fsp3) is 0.375. The molecular weight excluding hydrogens is 216 g/mol. The number of ether oxygens (including phenoxy) is 1. The minimum Gasteiger partial charge on any atom is -0.491 e. The van der Waals surface area contributed by atoms with Crippen molar-refractivity contribution in [3.8, 4) is 5.75 Å². The molecule has 1 heterocycles. The molecule has 14 heavy (non-hydrogen) atoms. The average molecular weight is 224 g/mol. The maximum absolute atomic E-state index is 12.4. The highest BCUT2D eigenvalue weighted by molar-refractivity contribution is 6.17. The van der Waals surface area contributed by atoms with Crippen LogP contribution in [0.4, 0.5) is 8.78 Å². The third-order valence-corrected chi connectivity index (χ3v) is 1.98. The standard InChI is InChI=1S/C8H8ClF2NO2/c1-14-6-2-4(7(10)11)5(3-9)12-8(6)13/h2,7H,3H2,1H3,(H,12,13). The number of H-pyrrole nitrogens is 1. The van der Waals surface area contributed by atoms with Crippen molar-refractivity contribution in [1.29, 1.82) is 0 Å². The fourth-order valence-electron chi connectivity index (χ4n) is 1.02. The summed E-state index contributed by atoms with van der Waals surface area (Å²) in [5.74, 6) is -0.312. The quantitative estimate of drug-likeness (QED) is 0.797. The summed E-state index contributed by atoms with van der Waals surface area (Å²) in [6, 6.07) is 1.00. The van der Waals surface area contributed by atoms with Gasteiger partial charge in [0.2, 0.25) is 0 Å². The summed E-state index contributed by atoms with van der Waals surface area (Å²) >= 11 is 5.40. The maximum Gasteiger partial charge on any atom is 0.290 e. The molecule has 0 aliphatic rings. The number of rotatable bonds is 3. The van der Waals surface area contributed by atoms with E-state index in [1.54, 1.807) is 0 Å². The van der Waals surface area contributed by atoms with Crippen molar-refractivity contribution < 1.29 is 13.5 Å². The minimum absolute atomic E-state index is 0.0208. The van der Waals surface area contributed by atoms with Crippen LogP contribution in [0.25, 0.3) is 0 Å². The van der Waals surface area contributed by atoms with Gasteiger partial charge in [0.15, 0.2) is 5.75 Å². The van der Waals surface area contributed by atoms with Gasteiger partial charge in [0.05, 0.1) is 13.0 Å². The molecule has 0 amide bonds. The van der Waals surface area contributed by atoms with E-state index in [4.69, 9.17) is 11.6 Å². The molecule has 0 fully saturated rings. The SMILES string of the molecule is COc1cc(C(F)F)c(CCl)[nH]c1=O. The second-order valence-corrected chi connectivity index (χ2v) is 2.80. The van der Waals surface area contributed by atoms with E-state index in [1.807, 2.05) is 0 Å². The monoisotopic (exact) mass is 223 g/mol. The molecule has 0 aliphatic carbocycles. The number of hydrogen-bond acceptors (Lipinski definition) is 2. The van der Waals surface area contributed by atoms with Crippen LogP contribution in [0.15, 0.2) is 10.9 Å². The molecule has 1 aromatic rings. The number of alkyl halides is 3. The van der Waals surface area contributed by atoms with E-state index in [9.17, 15) is 13.6 Å². The lowest BCUT2D eigenvalue weighted by Gasteiger charge is -2.07. The maximum atomic E-state index is 12.4. The first-order chi connectivity index (χ1) is 6.60. The van der Waals surface area contributed by atoms with Crippen molar-refractivity contribution >= 4 is 11.6 Å². The molecule has 78 valence electrons. The summed E-state index contributed by atoms with van der Waals surface area (Å²) in [5.41, 5.74) is -0.850. The third-order valence-electron chi connectivity index (χ3n) is 1.71. The Bertz CT molecular complexity index is 378. The molecule has 0 saturated carbocycles. The van der Waals surface area contributed by atoms with Crippen LogP contribution < -0.4 is 10.3 Å². The van der Waals surface area contributed by atoms with E-state index in [2.05, 4.69) is 9.72 Å². The number of hydrogen-bond donors (Lipinski definition) is 1. The zero-order valence-corrected chi connectivity index (χ0v) is 8.07. The lowest BCUT2D eigenvalue weighted by Crippen LogP contribution is -2.13. The van der Waals surface area contributed by atoms with Gasteiger partial charge in [0, 0.05) is 11.3 Å². The highest BCUT2D eigenvalue weighted by Gasteiger charge is 2.16. The summed E-state index contributed by atoms with van der Waals surface area (Å²) in [6.45, 7) is 0. The van der Waals surface area contributed by atoms with Crippen LogP contribution in [0.3, 0.4) is 0 Å². The molecular formula is C8H8ClF2NO2. The minimum atomic E-state index is -2.69. The second kappa shape index (κ2) is 4.41. The van der Waals surface area contributed by atoms with Gasteiger partial charge in [0.25, 0.3) is 12.0 Å². The predicted octanol–water partition coefficient (Wildman–Crippen LogP) is 2.06. The summed E-state index contributed by atoms with van der Waals surface area (Å²) in [6.07, 6.45) is -2.69. The molecule has 0 saturated heterocycles. The van der Waals surface area contributed by atoms with E-state index in [1.165, 1.54) is 7.11 Å². The normalized spacial score (nSPS) is 10.6. The first-order valence-electron chi connectivity index (χ1n) is 3.74. The zero-order valence-electron chi connectivity index (χ0n) is 7.31. The average Bonchev–Trinajstić information content (AvgIpc) is 2.16. The van der Waals surface area contributed by atoms with Crippen LogP contribution >= 0.6 is 11.6 Å². The topological polar surface area (TPSA) is 42.1 Å². The third kappa shape index (κ3) is 2.04. The lowest BCUT2D eigenvalue weighted by atomic mass is 10.2. The second-order valence-electron chi connectivity index (χ2n) is 2.54. The fourth-order valence-corrected chi connectivity index (χ4v) is 1.24. The van der Waals surface area contributed by atoms with Gasteiger partial charge in [-0.25, -0.2) is 8.78 Å². The van der Waals surface area contributed by atoms with Gasteiger partial charge < -0.3 is 9.72 Å². The summed E-state index contributed by atoms with van der Waals surface area (Å²) in [4.78, 5) is 13.4. The molecule has 0 unspecified atom stereocenters. The van der Waals surface area contributed by atoms with Crippen LogP contribution in [0.2, 0.25) is 0 Å². The highest BCUT2D eigenvalue weighted by Crippen LogP contribution is 2.24. The van der Waals surface area contributed by atoms with E-state index >= 15 is 0 Å².